The molecule has 0 radical (unpaired) electrons. The van der Waals surface area contributed by atoms with E-state index in [9.17, 15) is 0 Å². The van der Waals surface area contributed by atoms with E-state index in [1.807, 2.05) is 0 Å². The van der Waals surface area contributed by atoms with Crippen molar-refractivity contribution in [3.8, 4) is 0 Å². The number of aryl methyl sites for hydroxylation is 1. The van der Waals surface area contributed by atoms with Gasteiger partial charge in [0.1, 0.15) is 5.58 Å². The maximum Gasteiger partial charge on any atom is 0.297 e. The quantitative estimate of drug-likeness (QED) is 0.161. The summed E-state index contributed by atoms with van der Waals surface area (Å²) >= 11 is 0. The molecule has 0 N–H and O–H groups in total. The van der Waals surface area contributed by atoms with Crippen LogP contribution in [0.4, 0.5) is 34.1 Å². The summed E-state index contributed by atoms with van der Waals surface area (Å²) in [5.74, 6) is 0. The molecule has 3 aliphatic carbocycles. The van der Waals surface area contributed by atoms with E-state index in [1.54, 1.807) is 0 Å². The minimum Gasteiger partial charge on any atom is -0.468 e. The van der Waals surface area contributed by atoms with Crippen molar-refractivity contribution in [2.75, 3.05) is 9.80 Å². The number of anilines is 6. The molecule has 3 heterocycles. The molecule has 2 aliphatic heterocycles. The third-order valence-electron chi connectivity index (χ3n) is 17.9. The fraction of sp³-hybridized carbons (Fsp3) is 0.475. The minimum absolute atomic E-state index is 0.0334. The largest absolute Gasteiger partial charge is 0.468 e. The zero-order chi connectivity index (χ0) is 46.3. The van der Waals surface area contributed by atoms with Gasteiger partial charge in [-0.25, -0.2) is 0 Å². The highest BCUT2D eigenvalue weighted by molar-refractivity contribution is 7.00. The van der Waals surface area contributed by atoms with Crippen molar-refractivity contribution in [3.63, 3.8) is 0 Å². The average molecular weight is 861 g/mol. The van der Waals surface area contributed by atoms with Gasteiger partial charge in [-0.2, -0.15) is 0 Å². The van der Waals surface area contributed by atoms with Crippen LogP contribution in [0, 0.1) is 6.92 Å². The molecule has 6 aromatic rings. The van der Waals surface area contributed by atoms with Crippen LogP contribution in [0.5, 0.6) is 0 Å². The van der Waals surface area contributed by atoms with E-state index in [2.05, 4.69) is 199 Å². The van der Waals surface area contributed by atoms with E-state index in [4.69, 9.17) is 4.42 Å². The van der Waals surface area contributed by atoms with Crippen molar-refractivity contribution in [2.45, 2.75) is 187 Å². The lowest BCUT2D eigenvalue weighted by Gasteiger charge is -2.46. The molecule has 65 heavy (non-hydrogen) atoms. The molecular formula is C61H73BN2O. The van der Waals surface area contributed by atoms with Gasteiger partial charge in [0.05, 0.1) is 11.3 Å². The molecule has 0 fully saturated rings. The first-order valence-corrected chi connectivity index (χ1v) is 25.0. The van der Waals surface area contributed by atoms with Crippen molar-refractivity contribution in [2.24, 2.45) is 0 Å². The molecule has 0 amide bonds. The lowest BCUT2D eigenvalue weighted by molar-refractivity contribution is 0.332. The van der Waals surface area contributed by atoms with E-state index < -0.39 is 0 Å². The number of nitrogens with zero attached hydrogens (tertiary/aromatic N) is 2. The second-order valence-electron chi connectivity index (χ2n) is 26.3. The van der Waals surface area contributed by atoms with Gasteiger partial charge in [0.2, 0.25) is 0 Å². The highest BCUT2D eigenvalue weighted by Gasteiger charge is 2.49. The Bertz CT molecular complexity index is 3020. The van der Waals surface area contributed by atoms with Crippen LogP contribution in [0.2, 0.25) is 0 Å². The Labute approximate surface area is 391 Å². The summed E-state index contributed by atoms with van der Waals surface area (Å²) < 4.78 is 7.62. The third-order valence-corrected chi connectivity index (χ3v) is 17.9. The molecular weight excluding hydrogens is 787 g/mol. The van der Waals surface area contributed by atoms with E-state index in [-0.39, 0.29) is 44.6 Å². The minimum atomic E-state index is -0.0900. The van der Waals surface area contributed by atoms with Crippen molar-refractivity contribution < 1.29 is 4.42 Å². The third kappa shape index (κ3) is 6.13. The van der Waals surface area contributed by atoms with Gasteiger partial charge in [0.15, 0.2) is 0 Å². The Morgan fingerprint density at radius 1 is 0.492 bits per heavy atom. The number of benzene rings is 5. The normalized spacial score (nSPS) is 21.2. The summed E-state index contributed by atoms with van der Waals surface area (Å²) in [5, 5.41) is 1.23. The van der Waals surface area contributed by atoms with Crippen LogP contribution < -0.4 is 26.4 Å². The molecule has 0 unspecified atom stereocenters. The molecule has 0 atom stereocenters. The molecule has 4 heteroatoms. The van der Waals surface area contributed by atoms with Crippen molar-refractivity contribution in [1.29, 1.82) is 0 Å². The predicted octanol–water partition coefficient (Wildman–Crippen LogP) is 15.2. The lowest BCUT2D eigenvalue weighted by Crippen LogP contribution is -2.61. The molecule has 0 saturated heterocycles. The summed E-state index contributed by atoms with van der Waals surface area (Å²) in [6, 6.07) is 32.1. The summed E-state index contributed by atoms with van der Waals surface area (Å²) in [6.45, 7) is 38.7. The van der Waals surface area contributed by atoms with Crippen LogP contribution in [-0.2, 0) is 37.9 Å². The van der Waals surface area contributed by atoms with Crippen LogP contribution in [0.1, 0.15) is 187 Å². The first kappa shape index (κ1) is 42.9. The Morgan fingerprint density at radius 2 is 1.00 bits per heavy atom. The maximum atomic E-state index is 7.62. The first-order chi connectivity index (χ1) is 30.2. The number of furan rings is 1. The molecule has 11 rings (SSSR count). The van der Waals surface area contributed by atoms with Crippen molar-refractivity contribution in [1.82, 2.24) is 0 Å². The average Bonchev–Trinajstić information content (AvgIpc) is 3.60. The van der Waals surface area contributed by atoms with Crippen LogP contribution in [-0.4, -0.2) is 6.71 Å². The topological polar surface area (TPSA) is 19.6 Å². The molecule has 3 nitrogen and oxygen atoms in total. The van der Waals surface area contributed by atoms with Gasteiger partial charge in [0.25, 0.3) is 6.71 Å². The number of fused-ring (bicyclic) bond motifs is 9. The van der Waals surface area contributed by atoms with Gasteiger partial charge in [-0.3, -0.25) is 0 Å². The van der Waals surface area contributed by atoms with E-state index >= 15 is 0 Å². The molecule has 1 aromatic heterocycles. The Hall–Kier alpha value is -4.70. The Kier molecular flexibility index (Phi) is 8.75. The standard InChI is InChI=1S/C61H73BN2O/c1-36-30-41-44(60(13,14)28-26-57(41,7)8)34-50(36)64-47-23-20-37(55(2,3)4)31-46(47)62-52-48(18-17-19-49(52)64)63(38-21-22-40-42(32-38)58(9,10)25-24-56(40,5)6)53-39-33-43-45(35-51(39)65-54(53)62)61(15,16)29-27-59(43,11)12/h17-23,30-35H,24-29H2,1-16H3. The van der Waals surface area contributed by atoms with Crippen molar-refractivity contribution in [3.05, 3.63) is 123 Å². The van der Waals surface area contributed by atoms with Crippen LogP contribution in [0.25, 0.3) is 11.0 Å². The van der Waals surface area contributed by atoms with Gasteiger partial charge in [-0.1, -0.05) is 134 Å². The van der Waals surface area contributed by atoms with E-state index in [0.29, 0.717) is 0 Å². The SMILES string of the molecule is Cc1cc2c(cc1N1c3ccc(C(C)(C)C)cc3B3c4oc5cc6c(cc5c4N(c4ccc5c(c4)C(C)(C)CCC5(C)C)c4cccc1c43)C(C)(C)CCC6(C)C)C(C)(C)CCC2(C)C. The van der Waals surface area contributed by atoms with Gasteiger partial charge < -0.3 is 14.2 Å². The van der Waals surface area contributed by atoms with Gasteiger partial charge in [0, 0.05) is 33.8 Å². The lowest BCUT2D eigenvalue weighted by atomic mass is 9.35. The number of rotatable bonds is 2. The molecule has 5 aliphatic rings. The zero-order valence-corrected chi connectivity index (χ0v) is 42.6. The van der Waals surface area contributed by atoms with Gasteiger partial charge >= 0.3 is 0 Å². The van der Waals surface area contributed by atoms with Crippen LogP contribution in [0.15, 0.2) is 83.3 Å². The Morgan fingerprint density at radius 3 is 1.58 bits per heavy atom. The highest BCUT2D eigenvalue weighted by Crippen LogP contribution is 2.55. The summed E-state index contributed by atoms with van der Waals surface area (Å²) in [4.78, 5) is 5.27. The van der Waals surface area contributed by atoms with Crippen LogP contribution in [0.3, 0.4) is 0 Å². The Balaban J connectivity index is 1.25. The smallest absolute Gasteiger partial charge is 0.297 e. The second-order valence-corrected chi connectivity index (χ2v) is 26.3. The highest BCUT2D eigenvalue weighted by atomic mass is 16.3. The van der Waals surface area contributed by atoms with Crippen LogP contribution >= 0.6 is 0 Å². The number of hydrogen-bond acceptors (Lipinski definition) is 3. The summed E-state index contributed by atoms with van der Waals surface area (Å²) in [6.07, 6.45) is 7.08. The molecule has 0 saturated carbocycles. The summed E-state index contributed by atoms with van der Waals surface area (Å²) in [7, 11) is 0. The zero-order valence-electron chi connectivity index (χ0n) is 42.6. The van der Waals surface area contributed by atoms with E-state index in [0.717, 1.165) is 11.2 Å². The van der Waals surface area contributed by atoms with E-state index in [1.165, 1.54) is 133 Å². The fourth-order valence-corrected chi connectivity index (χ4v) is 13.1. The monoisotopic (exact) mass is 861 g/mol. The molecule has 5 aromatic carbocycles. The van der Waals surface area contributed by atoms with Gasteiger partial charge in [-0.05, 0) is 187 Å². The number of hydrogen-bond donors (Lipinski definition) is 0. The first-order valence-electron chi connectivity index (χ1n) is 25.0. The second kappa shape index (κ2) is 13.3. The molecule has 336 valence electrons. The molecule has 0 bridgehead atoms. The van der Waals surface area contributed by atoms with Gasteiger partial charge in [-0.15, -0.1) is 0 Å². The van der Waals surface area contributed by atoms with Crippen molar-refractivity contribution >= 4 is 68.4 Å². The summed E-state index contributed by atoms with van der Waals surface area (Å²) in [5.41, 5.74) is 24.2. The maximum absolute atomic E-state index is 7.62. The fourth-order valence-electron chi connectivity index (χ4n) is 13.1. The predicted molar refractivity (Wildman–Crippen MR) is 280 cm³/mol. The molecule has 0 spiro atoms.